The van der Waals surface area contributed by atoms with E-state index in [2.05, 4.69) is 69.3 Å². The van der Waals surface area contributed by atoms with Crippen molar-refractivity contribution in [2.45, 2.75) is 57.2 Å². The molecule has 0 atom stereocenters. The van der Waals surface area contributed by atoms with Crippen LogP contribution in [0, 0.1) is 0 Å². The van der Waals surface area contributed by atoms with E-state index >= 15 is 0 Å². The van der Waals surface area contributed by atoms with Crippen molar-refractivity contribution in [3.05, 3.63) is 59.7 Å². The quantitative estimate of drug-likeness (QED) is 0.290. The molecule has 25 heavy (non-hydrogen) atoms. The monoisotopic (exact) mass is 399 g/mol. The van der Waals surface area contributed by atoms with E-state index in [0.29, 0.717) is 15.0 Å². The van der Waals surface area contributed by atoms with Crippen LogP contribution in [0.5, 0.6) is 0 Å². The molecule has 3 rings (SSSR count). The topological polar surface area (TPSA) is 12.4 Å². The van der Waals surface area contributed by atoms with Gasteiger partial charge in [-0.2, -0.15) is 0 Å². The van der Waals surface area contributed by atoms with Crippen LogP contribution in [-0.2, 0) is 5.41 Å². The van der Waals surface area contributed by atoms with Crippen molar-refractivity contribution in [3.8, 4) is 11.1 Å². The Balaban J connectivity index is 2.08. The van der Waals surface area contributed by atoms with Crippen molar-refractivity contribution in [2.75, 3.05) is 6.54 Å². The maximum atomic E-state index is 5.18. The summed E-state index contributed by atoms with van der Waals surface area (Å²) in [5.41, 5.74) is 5.65. The number of nitrogens with zero attached hydrogens (tertiary/aromatic N) is 1. The molecule has 1 aliphatic carbocycles. The van der Waals surface area contributed by atoms with Crippen LogP contribution >= 0.6 is 0 Å². The molecule has 1 aliphatic rings. The Bertz CT molecular complexity index is 702. The van der Waals surface area contributed by atoms with Crippen LogP contribution in [-0.4, -0.2) is 26.1 Å². The average Bonchev–Trinajstić information content (AvgIpc) is 2.91. The number of fused-ring (bicyclic) bond motifs is 3. The number of rotatable bonds is 8. The second-order valence-electron chi connectivity index (χ2n) is 6.96. The van der Waals surface area contributed by atoms with Crippen LogP contribution in [0.15, 0.2) is 53.5 Å². The second kappa shape index (κ2) is 8.34. The predicted molar refractivity (Wildman–Crippen MR) is 111 cm³/mol. The van der Waals surface area contributed by atoms with Crippen LogP contribution in [0.4, 0.5) is 0 Å². The van der Waals surface area contributed by atoms with Crippen LogP contribution in [0.25, 0.3) is 11.1 Å². The Morgan fingerprint density at radius 2 is 1.44 bits per heavy atom. The molecular weight excluding hydrogens is 369 g/mol. The summed E-state index contributed by atoms with van der Waals surface area (Å²) in [4.78, 5) is 5.18. The number of aliphatic imine (C=N–C) groups is 1. The molecule has 0 fully saturated rings. The zero-order valence-electron chi connectivity index (χ0n) is 15.7. The molecule has 0 saturated heterocycles. The Kier molecular flexibility index (Phi) is 6.15. The molecule has 0 aromatic heterocycles. The molecule has 0 N–H and O–H groups in total. The molecule has 132 valence electrons. The normalized spacial score (nSPS) is 15.1. The summed E-state index contributed by atoms with van der Waals surface area (Å²) in [5.74, 6) is 0. The Morgan fingerprint density at radius 3 is 2.00 bits per heavy atom. The SMILES string of the molecule is CCCCN=C([Se]CCCC)C1(C)c2ccccc2-c2ccccc21. The van der Waals surface area contributed by atoms with E-state index in [1.807, 2.05) is 0 Å². The summed E-state index contributed by atoms with van der Waals surface area (Å²) in [6.45, 7) is 7.92. The first-order valence-electron chi connectivity index (χ1n) is 9.60. The number of hydrogen-bond donors (Lipinski definition) is 0. The van der Waals surface area contributed by atoms with Gasteiger partial charge in [-0.15, -0.1) is 0 Å². The molecule has 0 amide bonds. The number of unbranched alkanes of at least 4 members (excludes halogenated alkanes) is 2. The fourth-order valence-corrected chi connectivity index (χ4v) is 6.45. The third-order valence-corrected chi connectivity index (χ3v) is 7.89. The van der Waals surface area contributed by atoms with Gasteiger partial charge in [-0.25, -0.2) is 0 Å². The van der Waals surface area contributed by atoms with Crippen LogP contribution < -0.4 is 0 Å². The van der Waals surface area contributed by atoms with Gasteiger partial charge >= 0.3 is 159 Å². The van der Waals surface area contributed by atoms with E-state index in [1.165, 1.54) is 57.9 Å². The first-order valence-corrected chi connectivity index (χ1v) is 11.7. The molecule has 2 aromatic rings. The van der Waals surface area contributed by atoms with Crippen molar-refractivity contribution in [3.63, 3.8) is 0 Å². The zero-order valence-corrected chi connectivity index (χ0v) is 17.4. The summed E-state index contributed by atoms with van der Waals surface area (Å²) in [6.07, 6.45) is 4.98. The van der Waals surface area contributed by atoms with Gasteiger partial charge < -0.3 is 0 Å². The molecule has 0 bridgehead atoms. The van der Waals surface area contributed by atoms with E-state index in [1.54, 1.807) is 0 Å². The Morgan fingerprint density at radius 1 is 0.880 bits per heavy atom. The van der Waals surface area contributed by atoms with Gasteiger partial charge in [0.15, 0.2) is 0 Å². The van der Waals surface area contributed by atoms with Gasteiger partial charge in [-0.1, -0.05) is 0 Å². The molecule has 2 aromatic carbocycles. The minimum absolute atomic E-state index is 0.0470. The number of benzene rings is 2. The van der Waals surface area contributed by atoms with Gasteiger partial charge in [-0.05, 0) is 0 Å². The van der Waals surface area contributed by atoms with Crippen molar-refractivity contribution in [2.24, 2.45) is 4.99 Å². The molecule has 0 aliphatic heterocycles. The van der Waals surface area contributed by atoms with Gasteiger partial charge in [-0.3, -0.25) is 0 Å². The van der Waals surface area contributed by atoms with E-state index in [9.17, 15) is 0 Å². The van der Waals surface area contributed by atoms with Gasteiger partial charge in [0.05, 0.1) is 0 Å². The fraction of sp³-hybridized carbons (Fsp3) is 0.435. The minimum atomic E-state index is -0.0470. The van der Waals surface area contributed by atoms with Crippen molar-refractivity contribution >= 4 is 19.6 Å². The third-order valence-electron chi connectivity index (χ3n) is 5.15. The van der Waals surface area contributed by atoms with E-state index in [-0.39, 0.29) is 5.41 Å². The molecule has 0 radical (unpaired) electrons. The first kappa shape index (κ1) is 18.4. The predicted octanol–water partition coefficient (Wildman–Crippen LogP) is 6.09. The molecule has 0 unspecified atom stereocenters. The molecule has 0 spiro atoms. The van der Waals surface area contributed by atoms with Crippen molar-refractivity contribution in [1.29, 1.82) is 0 Å². The van der Waals surface area contributed by atoms with Gasteiger partial charge in [0.1, 0.15) is 0 Å². The summed E-state index contributed by atoms with van der Waals surface area (Å²) in [7, 11) is 0. The summed E-state index contributed by atoms with van der Waals surface area (Å²) >= 11 is 0.461. The zero-order chi connectivity index (χ0) is 17.7. The Labute approximate surface area is 159 Å². The second-order valence-corrected chi connectivity index (χ2v) is 9.23. The van der Waals surface area contributed by atoms with Crippen LogP contribution in [0.2, 0.25) is 5.32 Å². The first-order chi connectivity index (χ1) is 12.2. The summed E-state index contributed by atoms with van der Waals surface area (Å²) in [6, 6.07) is 17.9. The van der Waals surface area contributed by atoms with Gasteiger partial charge in [0.2, 0.25) is 0 Å². The van der Waals surface area contributed by atoms with E-state index < -0.39 is 0 Å². The van der Waals surface area contributed by atoms with Crippen molar-refractivity contribution < 1.29 is 0 Å². The molecular formula is C23H29NSe. The van der Waals surface area contributed by atoms with Crippen LogP contribution in [0.1, 0.15) is 57.6 Å². The number of hydrogen-bond acceptors (Lipinski definition) is 1. The standard InChI is InChI=1S/C23H29NSe/c1-4-6-16-24-22(25-17-7-5-2)23(3)20-14-10-8-12-18(20)19-13-9-11-15-21(19)23/h8-15H,4-7,16-17H2,1-3H3. The van der Waals surface area contributed by atoms with E-state index in [4.69, 9.17) is 4.99 Å². The summed E-state index contributed by atoms with van der Waals surface area (Å²) in [5, 5.41) is 1.30. The molecule has 2 heteroatoms. The van der Waals surface area contributed by atoms with Crippen LogP contribution in [0.3, 0.4) is 0 Å². The molecule has 1 nitrogen and oxygen atoms in total. The molecule has 0 saturated carbocycles. The maximum absolute atomic E-state index is 5.18. The average molecular weight is 398 g/mol. The van der Waals surface area contributed by atoms with E-state index in [0.717, 1.165) is 6.54 Å². The van der Waals surface area contributed by atoms with Gasteiger partial charge in [0, 0.05) is 0 Å². The molecule has 0 heterocycles. The van der Waals surface area contributed by atoms with Crippen molar-refractivity contribution in [1.82, 2.24) is 0 Å². The summed E-state index contributed by atoms with van der Waals surface area (Å²) < 4.78 is 1.44. The third kappa shape index (κ3) is 3.48. The van der Waals surface area contributed by atoms with Gasteiger partial charge in [0.25, 0.3) is 0 Å². The fourth-order valence-electron chi connectivity index (χ4n) is 3.68. The Hall–Kier alpha value is -1.37.